The van der Waals surface area contributed by atoms with Crippen molar-refractivity contribution in [1.82, 2.24) is 10.2 Å². The van der Waals surface area contributed by atoms with Crippen LogP contribution in [-0.2, 0) is 11.2 Å². The molecule has 0 unspecified atom stereocenters. The lowest BCUT2D eigenvalue weighted by atomic mass is 10.1. The highest BCUT2D eigenvalue weighted by Crippen LogP contribution is 2.28. The number of aryl methyl sites for hydroxylation is 1. The van der Waals surface area contributed by atoms with Gasteiger partial charge in [-0.15, -0.1) is 10.2 Å². The van der Waals surface area contributed by atoms with E-state index in [9.17, 15) is 9.18 Å². The van der Waals surface area contributed by atoms with E-state index < -0.39 is 11.1 Å². The van der Waals surface area contributed by atoms with Crippen LogP contribution < -0.4 is 5.32 Å². The number of benzene rings is 2. The third-order valence-electron chi connectivity index (χ3n) is 3.79. The van der Waals surface area contributed by atoms with Gasteiger partial charge in [-0.2, -0.15) is 0 Å². The van der Waals surface area contributed by atoms with Gasteiger partial charge in [0.2, 0.25) is 5.91 Å². The van der Waals surface area contributed by atoms with Crippen LogP contribution in [0, 0.1) is 5.82 Å². The first-order valence-corrected chi connectivity index (χ1v) is 9.09. The molecule has 1 N–H and O–H groups in total. The molecular weight excluding hydrogens is 353 g/mol. The second-order valence-electron chi connectivity index (χ2n) is 5.65. The lowest BCUT2D eigenvalue weighted by molar-refractivity contribution is -0.115. The maximum Gasteiger partial charge on any atom is 0.277 e. The summed E-state index contributed by atoms with van der Waals surface area (Å²) < 4.78 is 19.2. The Balaban J connectivity index is 1.63. The predicted octanol–water partition coefficient (Wildman–Crippen LogP) is 4.56. The Morgan fingerprint density at radius 2 is 1.92 bits per heavy atom. The molecular formula is C19H18FN3O2S. The fourth-order valence-corrected chi connectivity index (χ4v) is 2.96. The van der Waals surface area contributed by atoms with Crippen LogP contribution in [0.1, 0.15) is 19.4 Å². The van der Waals surface area contributed by atoms with Crippen LogP contribution >= 0.6 is 11.8 Å². The van der Waals surface area contributed by atoms with E-state index in [1.165, 1.54) is 11.6 Å². The molecule has 0 fully saturated rings. The molecule has 0 aliphatic heterocycles. The molecule has 0 bridgehead atoms. The van der Waals surface area contributed by atoms with Gasteiger partial charge in [-0.3, -0.25) is 4.79 Å². The highest BCUT2D eigenvalue weighted by atomic mass is 32.2. The molecule has 0 saturated heterocycles. The molecule has 2 aromatic carbocycles. The predicted molar refractivity (Wildman–Crippen MR) is 99.5 cm³/mol. The Morgan fingerprint density at radius 1 is 1.19 bits per heavy atom. The van der Waals surface area contributed by atoms with Crippen molar-refractivity contribution < 1.29 is 13.6 Å². The lowest BCUT2D eigenvalue weighted by Gasteiger charge is -2.10. The summed E-state index contributed by atoms with van der Waals surface area (Å²) in [5, 5.41) is 10.4. The van der Waals surface area contributed by atoms with Crippen molar-refractivity contribution in [1.29, 1.82) is 0 Å². The Morgan fingerprint density at radius 3 is 2.62 bits per heavy atom. The summed E-state index contributed by atoms with van der Waals surface area (Å²) in [7, 11) is 0. The average Bonchev–Trinajstić information content (AvgIpc) is 3.11. The summed E-state index contributed by atoms with van der Waals surface area (Å²) in [5.74, 6) is -0.521. The number of hydrogen-bond acceptors (Lipinski definition) is 5. The van der Waals surface area contributed by atoms with Crippen LogP contribution in [0.15, 0.2) is 58.2 Å². The summed E-state index contributed by atoms with van der Waals surface area (Å²) in [6.07, 6.45) is 0.946. The smallest absolute Gasteiger partial charge is 0.277 e. The van der Waals surface area contributed by atoms with Gasteiger partial charge >= 0.3 is 0 Å². The zero-order valence-corrected chi connectivity index (χ0v) is 15.2. The minimum atomic E-state index is -0.449. The van der Waals surface area contributed by atoms with Crippen molar-refractivity contribution in [2.75, 3.05) is 5.32 Å². The minimum Gasteiger partial charge on any atom is -0.411 e. The van der Waals surface area contributed by atoms with Gasteiger partial charge in [0.05, 0.1) is 10.8 Å². The molecule has 0 radical (unpaired) electrons. The molecule has 0 aliphatic carbocycles. The highest BCUT2D eigenvalue weighted by Gasteiger charge is 2.19. The van der Waals surface area contributed by atoms with Gasteiger partial charge in [0.15, 0.2) is 0 Å². The van der Waals surface area contributed by atoms with Crippen LogP contribution in [0.25, 0.3) is 11.5 Å². The maximum absolute atomic E-state index is 13.8. The van der Waals surface area contributed by atoms with Gasteiger partial charge in [0, 0.05) is 5.69 Å². The van der Waals surface area contributed by atoms with Crippen molar-refractivity contribution in [2.45, 2.75) is 30.7 Å². The van der Waals surface area contributed by atoms with Gasteiger partial charge in [-0.25, -0.2) is 4.39 Å². The molecule has 3 rings (SSSR count). The summed E-state index contributed by atoms with van der Waals surface area (Å²) in [5.41, 5.74) is 2.18. The fraction of sp³-hybridized carbons (Fsp3) is 0.211. The third-order valence-corrected chi connectivity index (χ3v) is 4.72. The van der Waals surface area contributed by atoms with Gasteiger partial charge in [0.1, 0.15) is 5.82 Å². The minimum absolute atomic E-state index is 0.0911. The molecule has 1 amide bonds. The van der Waals surface area contributed by atoms with Crippen molar-refractivity contribution in [3.05, 3.63) is 59.9 Å². The number of hydrogen-bond donors (Lipinski definition) is 1. The molecule has 3 aromatic rings. The number of halogens is 1. The zero-order valence-electron chi connectivity index (χ0n) is 14.4. The fourth-order valence-electron chi connectivity index (χ4n) is 2.27. The van der Waals surface area contributed by atoms with E-state index in [4.69, 9.17) is 4.42 Å². The zero-order chi connectivity index (χ0) is 18.5. The van der Waals surface area contributed by atoms with Crippen LogP contribution in [0.5, 0.6) is 0 Å². The number of carbonyl (C=O) groups excluding carboxylic acids is 1. The monoisotopic (exact) mass is 371 g/mol. The number of thioether (sulfide) groups is 1. The van der Waals surface area contributed by atoms with E-state index in [2.05, 4.69) is 22.4 Å². The number of anilines is 1. The number of aromatic nitrogens is 2. The topological polar surface area (TPSA) is 68.0 Å². The molecule has 26 heavy (non-hydrogen) atoms. The molecule has 7 heteroatoms. The maximum atomic E-state index is 13.8. The second-order valence-corrected chi connectivity index (χ2v) is 6.94. The van der Waals surface area contributed by atoms with Crippen LogP contribution in [0.3, 0.4) is 0 Å². The van der Waals surface area contributed by atoms with Crippen molar-refractivity contribution >= 4 is 23.4 Å². The number of nitrogens with zero attached hydrogens (tertiary/aromatic N) is 2. The van der Waals surface area contributed by atoms with Crippen molar-refractivity contribution in [2.24, 2.45) is 0 Å². The Bertz CT molecular complexity index is 896. The van der Waals surface area contributed by atoms with Gasteiger partial charge in [-0.1, -0.05) is 43.0 Å². The van der Waals surface area contributed by atoms with Crippen LogP contribution in [-0.4, -0.2) is 21.4 Å². The average molecular weight is 371 g/mol. The highest BCUT2D eigenvalue weighted by molar-refractivity contribution is 8.00. The summed E-state index contributed by atoms with van der Waals surface area (Å²) in [6, 6.07) is 13.9. The van der Waals surface area contributed by atoms with Crippen LogP contribution in [0.2, 0.25) is 0 Å². The third kappa shape index (κ3) is 4.29. The first kappa shape index (κ1) is 18.1. The largest absolute Gasteiger partial charge is 0.411 e. The molecule has 0 saturated carbocycles. The van der Waals surface area contributed by atoms with E-state index >= 15 is 0 Å². The van der Waals surface area contributed by atoms with E-state index in [-0.39, 0.29) is 22.6 Å². The van der Waals surface area contributed by atoms with Crippen molar-refractivity contribution in [3.63, 3.8) is 0 Å². The van der Waals surface area contributed by atoms with Gasteiger partial charge in [0.25, 0.3) is 11.1 Å². The van der Waals surface area contributed by atoms with E-state index in [0.717, 1.165) is 23.9 Å². The molecule has 5 nitrogen and oxygen atoms in total. The first-order chi connectivity index (χ1) is 12.6. The van der Waals surface area contributed by atoms with E-state index in [0.29, 0.717) is 0 Å². The summed E-state index contributed by atoms with van der Waals surface area (Å²) >= 11 is 1.13. The molecule has 134 valence electrons. The Kier molecular flexibility index (Phi) is 5.68. The van der Waals surface area contributed by atoms with Gasteiger partial charge in [-0.05, 0) is 43.2 Å². The summed E-state index contributed by atoms with van der Waals surface area (Å²) in [6.45, 7) is 3.82. The molecule has 1 atom stereocenters. The van der Waals surface area contributed by atoms with E-state index in [1.807, 2.05) is 24.3 Å². The normalized spacial score (nSPS) is 12.0. The molecule has 0 spiro atoms. The van der Waals surface area contributed by atoms with Crippen molar-refractivity contribution in [3.8, 4) is 11.5 Å². The SMILES string of the molecule is CCc1ccc(NC(=O)[C@@H](C)Sc2nnc(-c3ccccc3F)o2)cc1. The summed E-state index contributed by atoms with van der Waals surface area (Å²) in [4.78, 5) is 12.3. The molecule has 0 aliphatic rings. The number of nitrogens with one attached hydrogen (secondary N) is 1. The quantitative estimate of drug-likeness (QED) is 0.644. The standard InChI is InChI=1S/C19H18FN3O2S/c1-3-13-8-10-14(11-9-13)21-17(24)12(2)26-19-23-22-18(25-19)15-6-4-5-7-16(15)20/h4-12H,3H2,1-2H3,(H,21,24)/t12-/m1/s1. The second kappa shape index (κ2) is 8.14. The van der Waals surface area contributed by atoms with Crippen LogP contribution in [0.4, 0.5) is 10.1 Å². The first-order valence-electron chi connectivity index (χ1n) is 8.21. The van der Waals surface area contributed by atoms with Gasteiger partial charge < -0.3 is 9.73 Å². The number of rotatable bonds is 6. The number of carbonyl (C=O) groups is 1. The number of amides is 1. The van der Waals surface area contributed by atoms with E-state index in [1.54, 1.807) is 25.1 Å². The molecule has 1 heterocycles. The Labute approximate surface area is 155 Å². The molecule has 1 aromatic heterocycles. The Hall–Kier alpha value is -2.67. The lowest BCUT2D eigenvalue weighted by Crippen LogP contribution is -2.22.